The molecule has 3 rings (SSSR count). The van der Waals surface area contributed by atoms with Crippen LogP contribution in [0.3, 0.4) is 0 Å². The van der Waals surface area contributed by atoms with Gasteiger partial charge in [0.1, 0.15) is 17.9 Å². The Balaban J connectivity index is 1.99. The number of hydrogen-bond donors (Lipinski definition) is 1. The minimum absolute atomic E-state index is 0.147. The smallest absolute Gasteiger partial charge is 0.336 e. The number of carbonyl (C=O) groups is 2. The zero-order valence-electron chi connectivity index (χ0n) is 15.7. The molecule has 8 nitrogen and oxygen atoms in total. The summed E-state index contributed by atoms with van der Waals surface area (Å²) in [7, 11) is 2.70. The Hall–Kier alpha value is -2.42. The first-order chi connectivity index (χ1) is 12.7. The average molecular weight is 377 g/mol. The van der Waals surface area contributed by atoms with Crippen molar-refractivity contribution in [2.24, 2.45) is 0 Å². The van der Waals surface area contributed by atoms with Crippen molar-refractivity contribution in [1.29, 1.82) is 0 Å². The Bertz CT molecular complexity index is 773. The van der Waals surface area contributed by atoms with Crippen LogP contribution in [0, 0.1) is 0 Å². The van der Waals surface area contributed by atoms with Crippen LogP contribution in [0.1, 0.15) is 13.8 Å². The monoisotopic (exact) mass is 377 g/mol. The number of methoxy groups -OCH3 is 2. The van der Waals surface area contributed by atoms with Gasteiger partial charge in [0, 0.05) is 5.69 Å². The Morgan fingerprint density at radius 3 is 2.41 bits per heavy atom. The van der Waals surface area contributed by atoms with E-state index in [1.165, 1.54) is 12.0 Å². The predicted octanol–water partition coefficient (Wildman–Crippen LogP) is 1.02. The summed E-state index contributed by atoms with van der Waals surface area (Å²) in [5.74, 6) is -1.79. The second kappa shape index (κ2) is 6.63. The zero-order valence-corrected chi connectivity index (χ0v) is 15.7. The summed E-state index contributed by atoms with van der Waals surface area (Å²) in [5, 5.41) is 11.1. The molecule has 1 N–H and O–H groups in total. The fraction of sp³-hybridized carbons (Fsp3) is 0.474. The van der Waals surface area contributed by atoms with Crippen LogP contribution in [0.5, 0.6) is 5.75 Å². The molecule has 0 bridgehead atoms. The van der Waals surface area contributed by atoms with E-state index in [2.05, 4.69) is 11.3 Å². The highest BCUT2D eigenvalue weighted by Gasteiger charge is 2.67. The van der Waals surface area contributed by atoms with Crippen molar-refractivity contribution in [2.75, 3.05) is 25.7 Å². The van der Waals surface area contributed by atoms with Crippen LogP contribution in [0.15, 0.2) is 36.4 Å². The van der Waals surface area contributed by atoms with Gasteiger partial charge in [-0.25, -0.2) is 4.79 Å². The van der Waals surface area contributed by atoms with Gasteiger partial charge < -0.3 is 24.1 Å². The number of nitrogens with zero attached hydrogens (tertiary/aromatic N) is 1. The Labute approximate surface area is 157 Å². The van der Waals surface area contributed by atoms with Gasteiger partial charge in [0.2, 0.25) is 0 Å². The maximum absolute atomic E-state index is 12.9. The quantitative estimate of drug-likeness (QED) is 0.465. The summed E-state index contributed by atoms with van der Waals surface area (Å²) in [6, 6.07) is 5.87. The van der Waals surface area contributed by atoms with Gasteiger partial charge in [-0.05, 0) is 38.1 Å². The number of carbonyl (C=O) groups excluding carboxylic acids is 2. The third-order valence-electron chi connectivity index (χ3n) is 4.88. The second-order valence-corrected chi connectivity index (χ2v) is 6.92. The summed E-state index contributed by atoms with van der Waals surface area (Å²) in [5.41, 5.74) is -1.94. The third-order valence-corrected chi connectivity index (χ3v) is 4.88. The summed E-state index contributed by atoms with van der Waals surface area (Å²) in [6.45, 7) is 7.21. The SMILES string of the molecule is C=C(C(=O)OC)[C@]1(O)C(=O)N(c2ccc(OC)cc2)[C@H]1[C@H]1COC(C)(C)O1. The molecule has 0 unspecified atom stereocenters. The largest absolute Gasteiger partial charge is 0.497 e. The normalized spacial score (nSPS) is 29.2. The van der Waals surface area contributed by atoms with E-state index in [4.69, 9.17) is 14.2 Å². The molecular formula is C19H23NO7. The van der Waals surface area contributed by atoms with Crippen molar-refractivity contribution in [1.82, 2.24) is 0 Å². The average Bonchev–Trinajstić information content (AvgIpc) is 3.02. The highest BCUT2D eigenvalue weighted by Crippen LogP contribution is 2.45. The van der Waals surface area contributed by atoms with Crippen molar-refractivity contribution in [3.8, 4) is 5.75 Å². The van der Waals surface area contributed by atoms with Crippen LogP contribution in [-0.4, -0.2) is 61.3 Å². The molecule has 0 spiro atoms. The number of benzene rings is 1. The highest BCUT2D eigenvalue weighted by atomic mass is 16.7. The number of amides is 1. The molecule has 1 aromatic rings. The molecule has 2 fully saturated rings. The Kier molecular flexibility index (Phi) is 4.75. The molecule has 2 saturated heterocycles. The molecular weight excluding hydrogens is 354 g/mol. The van der Waals surface area contributed by atoms with Gasteiger partial charge in [0.15, 0.2) is 11.4 Å². The number of rotatable bonds is 5. The van der Waals surface area contributed by atoms with Crippen molar-refractivity contribution in [3.63, 3.8) is 0 Å². The van der Waals surface area contributed by atoms with Crippen LogP contribution in [0.4, 0.5) is 5.69 Å². The van der Waals surface area contributed by atoms with Gasteiger partial charge in [0.05, 0.1) is 26.4 Å². The lowest BCUT2D eigenvalue weighted by Gasteiger charge is -2.54. The van der Waals surface area contributed by atoms with Crippen LogP contribution in [0.25, 0.3) is 0 Å². The molecule has 1 amide bonds. The molecule has 3 atom stereocenters. The number of hydrogen-bond acceptors (Lipinski definition) is 7. The molecule has 2 aliphatic rings. The van der Waals surface area contributed by atoms with E-state index in [1.54, 1.807) is 38.1 Å². The van der Waals surface area contributed by atoms with E-state index < -0.39 is 35.4 Å². The molecule has 2 aliphatic heterocycles. The molecule has 27 heavy (non-hydrogen) atoms. The molecule has 2 heterocycles. The number of aliphatic hydroxyl groups is 1. The number of β-lactam (4-membered cyclic amide) rings is 1. The zero-order chi connectivity index (χ0) is 20.0. The summed E-state index contributed by atoms with van der Waals surface area (Å²) >= 11 is 0. The predicted molar refractivity (Wildman–Crippen MR) is 95.3 cm³/mol. The van der Waals surface area contributed by atoms with Crippen molar-refractivity contribution >= 4 is 17.6 Å². The molecule has 0 radical (unpaired) electrons. The van der Waals surface area contributed by atoms with Gasteiger partial charge in [-0.2, -0.15) is 0 Å². The summed E-state index contributed by atoms with van der Waals surface area (Å²) < 4.78 is 21.2. The lowest BCUT2D eigenvalue weighted by atomic mass is 9.73. The van der Waals surface area contributed by atoms with E-state index in [-0.39, 0.29) is 12.2 Å². The highest BCUT2D eigenvalue weighted by molar-refractivity contribution is 6.15. The minimum atomic E-state index is -2.14. The molecule has 146 valence electrons. The number of esters is 1. The van der Waals surface area contributed by atoms with Crippen molar-refractivity contribution < 1.29 is 33.6 Å². The van der Waals surface area contributed by atoms with E-state index >= 15 is 0 Å². The van der Waals surface area contributed by atoms with Crippen LogP contribution in [-0.2, 0) is 23.8 Å². The lowest BCUT2D eigenvalue weighted by Crippen LogP contribution is -2.79. The Morgan fingerprint density at radius 2 is 1.93 bits per heavy atom. The number of anilines is 1. The van der Waals surface area contributed by atoms with Crippen LogP contribution in [0.2, 0.25) is 0 Å². The first kappa shape index (κ1) is 19.3. The van der Waals surface area contributed by atoms with Crippen LogP contribution >= 0.6 is 0 Å². The molecule has 0 aliphatic carbocycles. The summed E-state index contributed by atoms with van der Waals surface area (Å²) in [4.78, 5) is 26.3. The third kappa shape index (κ3) is 2.99. The van der Waals surface area contributed by atoms with E-state index in [9.17, 15) is 14.7 Å². The Morgan fingerprint density at radius 1 is 1.30 bits per heavy atom. The standard InChI is InChI=1S/C19H23NO7/c1-11(16(21)25-5)19(23)15(14-10-26-18(2,3)27-14)20(17(19)22)12-6-8-13(24-4)9-7-12/h6-9,14-15,23H,1,10H2,2-5H3/t14-,15+,19-/m1/s1. The fourth-order valence-corrected chi connectivity index (χ4v) is 3.47. The van der Waals surface area contributed by atoms with E-state index in [0.29, 0.717) is 11.4 Å². The van der Waals surface area contributed by atoms with E-state index in [0.717, 1.165) is 7.11 Å². The topological polar surface area (TPSA) is 94.5 Å². The molecule has 1 aromatic carbocycles. The fourth-order valence-electron chi connectivity index (χ4n) is 3.47. The maximum Gasteiger partial charge on any atom is 0.336 e. The lowest BCUT2D eigenvalue weighted by molar-refractivity contribution is -0.171. The molecule has 0 saturated carbocycles. The first-order valence-corrected chi connectivity index (χ1v) is 8.45. The van der Waals surface area contributed by atoms with Crippen molar-refractivity contribution in [3.05, 3.63) is 36.4 Å². The summed E-state index contributed by atoms with van der Waals surface area (Å²) in [6.07, 6.45) is -0.661. The first-order valence-electron chi connectivity index (χ1n) is 8.45. The van der Waals surface area contributed by atoms with Gasteiger partial charge in [-0.15, -0.1) is 0 Å². The van der Waals surface area contributed by atoms with Crippen molar-refractivity contribution in [2.45, 2.75) is 37.4 Å². The molecule has 0 aromatic heterocycles. The molecule has 8 heteroatoms. The van der Waals surface area contributed by atoms with E-state index in [1.807, 2.05) is 0 Å². The second-order valence-electron chi connectivity index (χ2n) is 6.92. The van der Waals surface area contributed by atoms with Gasteiger partial charge in [-0.1, -0.05) is 6.58 Å². The minimum Gasteiger partial charge on any atom is -0.497 e. The van der Waals surface area contributed by atoms with Gasteiger partial charge in [0.25, 0.3) is 5.91 Å². The maximum atomic E-state index is 12.9. The van der Waals surface area contributed by atoms with Crippen LogP contribution < -0.4 is 9.64 Å². The van der Waals surface area contributed by atoms with Gasteiger partial charge in [-0.3, -0.25) is 9.69 Å². The number of ether oxygens (including phenoxy) is 4. The van der Waals surface area contributed by atoms with Gasteiger partial charge >= 0.3 is 5.97 Å².